The fourth-order valence-corrected chi connectivity index (χ4v) is 3.70. The average Bonchev–Trinajstić information content (AvgIpc) is 2.51. The maximum atomic E-state index is 4.57. The van der Waals surface area contributed by atoms with E-state index in [1.54, 1.807) is 0 Å². The molecular weight excluding hydrogens is 266 g/mol. The number of piperidine rings is 1. The second-order valence-electron chi connectivity index (χ2n) is 5.57. The Balaban J connectivity index is 1.44. The van der Waals surface area contributed by atoms with Crippen LogP contribution in [-0.4, -0.2) is 41.5 Å². The first-order valence-electron chi connectivity index (χ1n) is 7.60. The minimum atomic E-state index is 0.617. The highest BCUT2D eigenvalue weighted by Crippen LogP contribution is 2.16. The van der Waals surface area contributed by atoms with Crippen molar-refractivity contribution in [3.8, 4) is 0 Å². The van der Waals surface area contributed by atoms with Crippen LogP contribution in [0.5, 0.6) is 0 Å². The third kappa shape index (κ3) is 4.00. The van der Waals surface area contributed by atoms with E-state index in [0.29, 0.717) is 6.04 Å². The molecule has 0 aliphatic carbocycles. The lowest BCUT2D eigenvalue weighted by molar-refractivity contribution is 0.199. The summed E-state index contributed by atoms with van der Waals surface area (Å²) in [6.45, 7) is 4.46. The van der Waals surface area contributed by atoms with Gasteiger partial charge in [-0.15, -0.1) is 0 Å². The third-order valence-corrected chi connectivity index (χ3v) is 4.97. The Kier molecular flexibility index (Phi) is 4.98. The molecular formula is C16H23N3S. The summed E-state index contributed by atoms with van der Waals surface area (Å²) in [6.07, 6.45) is 3.68. The summed E-state index contributed by atoms with van der Waals surface area (Å²) < 4.78 is 0. The molecule has 4 heteroatoms. The molecule has 3 nitrogen and oxygen atoms in total. The SMILES string of the molecule is c1ccc(CN2CCC(NC3=NCCCS3)CC2)cc1. The zero-order chi connectivity index (χ0) is 13.6. The quantitative estimate of drug-likeness (QED) is 0.927. The Morgan fingerprint density at radius 2 is 2.00 bits per heavy atom. The smallest absolute Gasteiger partial charge is 0.156 e. The summed E-state index contributed by atoms with van der Waals surface area (Å²) >= 11 is 1.89. The Hall–Kier alpha value is -1.00. The van der Waals surface area contributed by atoms with Crippen LogP contribution in [0.25, 0.3) is 0 Å². The monoisotopic (exact) mass is 289 g/mol. The number of hydrogen-bond acceptors (Lipinski definition) is 4. The summed E-state index contributed by atoms with van der Waals surface area (Å²) in [6, 6.07) is 11.4. The van der Waals surface area contributed by atoms with E-state index < -0.39 is 0 Å². The van der Waals surface area contributed by atoms with Crippen LogP contribution in [-0.2, 0) is 6.54 Å². The normalized spacial score (nSPS) is 21.5. The molecule has 3 rings (SSSR count). The standard InChI is InChI=1S/C16H23N3S/c1-2-5-14(6-3-1)13-19-10-7-15(8-11-19)18-16-17-9-4-12-20-16/h1-3,5-6,15H,4,7-13H2,(H,17,18). The van der Waals surface area contributed by atoms with E-state index in [2.05, 4.69) is 45.5 Å². The van der Waals surface area contributed by atoms with Gasteiger partial charge >= 0.3 is 0 Å². The van der Waals surface area contributed by atoms with Crippen LogP contribution in [0.4, 0.5) is 0 Å². The molecule has 1 fully saturated rings. The molecule has 0 unspecified atom stereocenters. The number of thioether (sulfide) groups is 1. The number of benzene rings is 1. The molecule has 0 amide bonds. The van der Waals surface area contributed by atoms with Gasteiger partial charge in [-0.2, -0.15) is 0 Å². The molecule has 108 valence electrons. The van der Waals surface area contributed by atoms with Crippen LogP contribution in [0, 0.1) is 0 Å². The molecule has 0 bridgehead atoms. The zero-order valence-corrected chi connectivity index (χ0v) is 12.7. The van der Waals surface area contributed by atoms with Crippen molar-refractivity contribution in [3.05, 3.63) is 35.9 Å². The molecule has 1 saturated heterocycles. The van der Waals surface area contributed by atoms with E-state index in [1.165, 1.54) is 48.8 Å². The van der Waals surface area contributed by atoms with Crippen molar-refractivity contribution >= 4 is 16.9 Å². The third-order valence-electron chi connectivity index (χ3n) is 3.96. The van der Waals surface area contributed by atoms with E-state index in [0.717, 1.165) is 13.1 Å². The summed E-state index contributed by atoms with van der Waals surface area (Å²) in [5.74, 6) is 1.22. The van der Waals surface area contributed by atoms with E-state index in [4.69, 9.17) is 0 Å². The minimum absolute atomic E-state index is 0.617. The van der Waals surface area contributed by atoms with Gasteiger partial charge in [0.25, 0.3) is 0 Å². The number of likely N-dealkylation sites (tertiary alicyclic amines) is 1. The highest BCUT2D eigenvalue weighted by Gasteiger charge is 2.20. The number of nitrogens with one attached hydrogen (secondary N) is 1. The highest BCUT2D eigenvalue weighted by molar-refractivity contribution is 8.13. The average molecular weight is 289 g/mol. The van der Waals surface area contributed by atoms with Crippen LogP contribution in [0.15, 0.2) is 35.3 Å². The second-order valence-corrected chi connectivity index (χ2v) is 6.65. The van der Waals surface area contributed by atoms with Gasteiger partial charge in [-0.1, -0.05) is 42.1 Å². The van der Waals surface area contributed by atoms with Gasteiger partial charge in [0, 0.05) is 38.0 Å². The fraction of sp³-hybridized carbons (Fsp3) is 0.562. The summed E-state index contributed by atoms with van der Waals surface area (Å²) in [7, 11) is 0. The molecule has 2 aliphatic rings. The zero-order valence-electron chi connectivity index (χ0n) is 11.9. The summed E-state index contributed by atoms with van der Waals surface area (Å²) in [4.78, 5) is 7.12. The number of nitrogens with zero attached hydrogens (tertiary/aromatic N) is 2. The maximum Gasteiger partial charge on any atom is 0.156 e. The summed E-state index contributed by atoms with van der Waals surface area (Å²) in [5, 5.41) is 4.81. The van der Waals surface area contributed by atoms with Gasteiger partial charge in [-0.05, 0) is 24.8 Å². The molecule has 0 atom stereocenters. The molecule has 1 aromatic rings. The lowest BCUT2D eigenvalue weighted by atomic mass is 10.0. The van der Waals surface area contributed by atoms with Crippen LogP contribution in [0.1, 0.15) is 24.8 Å². The predicted molar refractivity (Wildman–Crippen MR) is 87.3 cm³/mol. The van der Waals surface area contributed by atoms with Crippen molar-refractivity contribution in [1.82, 2.24) is 10.2 Å². The van der Waals surface area contributed by atoms with E-state index >= 15 is 0 Å². The molecule has 1 aromatic carbocycles. The second kappa shape index (κ2) is 7.14. The summed E-state index contributed by atoms with van der Waals surface area (Å²) in [5.41, 5.74) is 1.42. The first-order valence-corrected chi connectivity index (χ1v) is 8.59. The molecule has 20 heavy (non-hydrogen) atoms. The van der Waals surface area contributed by atoms with Crippen LogP contribution in [0.2, 0.25) is 0 Å². The largest absolute Gasteiger partial charge is 0.362 e. The van der Waals surface area contributed by atoms with Crippen molar-refractivity contribution in [2.24, 2.45) is 4.99 Å². The van der Waals surface area contributed by atoms with E-state index in [-0.39, 0.29) is 0 Å². The van der Waals surface area contributed by atoms with Crippen molar-refractivity contribution in [1.29, 1.82) is 0 Å². The Labute approximate surface area is 125 Å². The molecule has 1 N–H and O–H groups in total. The predicted octanol–water partition coefficient (Wildman–Crippen LogP) is 2.73. The number of rotatable bonds is 3. The van der Waals surface area contributed by atoms with Gasteiger partial charge < -0.3 is 5.32 Å². The maximum absolute atomic E-state index is 4.57. The van der Waals surface area contributed by atoms with Gasteiger partial charge in [0.1, 0.15) is 0 Å². The minimum Gasteiger partial charge on any atom is -0.362 e. The fourth-order valence-electron chi connectivity index (χ4n) is 2.80. The molecule has 2 heterocycles. The molecule has 2 aliphatic heterocycles. The lowest BCUT2D eigenvalue weighted by Gasteiger charge is -2.33. The van der Waals surface area contributed by atoms with Gasteiger partial charge in [0.15, 0.2) is 5.17 Å². The van der Waals surface area contributed by atoms with Crippen molar-refractivity contribution < 1.29 is 0 Å². The van der Waals surface area contributed by atoms with Gasteiger partial charge in [-0.3, -0.25) is 9.89 Å². The van der Waals surface area contributed by atoms with Gasteiger partial charge in [0.2, 0.25) is 0 Å². The first kappa shape index (κ1) is 14.0. The van der Waals surface area contributed by atoms with E-state index in [1.807, 2.05) is 11.8 Å². The van der Waals surface area contributed by atoms with Crippen molar-refractivity contribution in [2.75, 3.05) is 25.4 Å². The molecule has 0 saturated carbocycles. The van der Waals surface area contributed by atoms with E-state index in [9.17, 15) is 0 Å². The number of amidine groups is 1. The Bertz CT molecular complexity index is 438. The van der Waals surface area contributed by atoms with Crippen LogP contribution < -0.4 is 5.32 Å². The van der Waals surface area contributed by atoms with Crippen LogP contribution >= 0.6 is 11.8 Å². The van der Waals surface area contributed by atoms with Gasteiger partial charge in [0.05, 0.1) is 0 Å². The molecule has 0 spiro atoms. The molecule has 0 radical (unpaired) electrons. The lowest BCUT2D eigenvalue weighted by Crippen LogP contribution is -2.44. The highest BCUT2D eigenvalue weighted by atomic mass is 32.2. The first-order chi connectivity index (χ1) is 9.90. The number of aliphatic imine (C=N–C) groups is 1. The van der Waals surface area contributed by atoms with Gasteiger partial charge in [-0.25, -0.2) is 0 Å². The van der Waals surface area contributed by atoms with Crippen molar-refractivity contribution in [3.63, 3.8) is 0 Å². The molecule has 0 aromatic heterocycles. The van der Waals surface area contributed by atoms with Crippen molar-refractivity contribution in [2.45, 2.75) is 31.8 Å². The number of hydrogen-bond donors (Lipinski definition) is 1. The Morgan fingerprint density at radius 1 is 1.20 bits per heavy atom. The topological polar surface area (TPSA) is 27.6 Å². The van der Waals surface area contributed by atoms with Crippen LogP contribution in [0.3, 0.4) is 0 Å². The Morgan fingerprint density at radius 3 is 2.70 bits per heavy atom.